The van der Waals surface area contributed by atoms with Crippen LogP contribution >= 0.6 is 27.5 Å². The van der Waals surface area contributed by atoms with Crippen LogP contribution in [-0.4, -0.2) is 22.8 Å². The highest BCUT2D eigenvalue weighted by molar-refractivity contribution is 9.10. The number of rotatable bonds is 5. The van der Waals surface area contributed by atoms with E-state index in [-0.39, 0.29) is 11.9 Å². The highest BCUT2D eigenvalue weighted by Crippen LogP contribution is 2.09. The van der Waals surface area contributed by atoms with Crippen molar-refractivity contribution in [1.82, 2.24) is 10.3 Å². The largest absolute Gasteiger partial charge is 0.346 e. The van der Waals surface area contributed by atoms with Gasteiger partial charge < -0.3 is 5.32 Å². The monoisotopic (exact) mass is 352 g/mol. The third kappa shape index (κ3) is 4.32. The number of halogens is 2. The zero-order chi connectivity index (χ0) is 14.4. The summed E-state index contributed by atoms with van der Waals surface area (Å²) in [6.07, 6.45) is 2.30. The van der Waals surface area contributed by atoms with Crippen molar-refractivity contribution in [1.29, 1.82) is 0 Å². The second-order valence-electron chi connectivity index (χ2n) is 4.38. The number of nitrogens with zero attached hydrogens (tertiary/aromatic N) is 1. The molecule has 0 aliphatic heterocycles. The van der Waals surface area contributed by atoms with Gasteiger partial charge in [0.05, 0.1) is 0 Å². The first kappa shape index (κ1) is 15.0. The predicted octanol–water partition coefficient (Wildman–Crippen LogP) is 3.42. The minimum absolute atomic E-state index is 0.114. The van der Waals surface area contributed by atoms with Gasteiger partial charge in [-0.25, -0.2) is 4.98 Å². The second kappa shape index (κ2) is 7.41. The van der Waals surface area contributed by atoms with Crippen molar-refractivity contribution in [2.75, 3.05) is 5.88 Å². The molecule has 5 heteroatoms. The molecule has 2 rings (SSSR count). The van der Waals surface area contributed by atoms with Gasteiger partial charge in [-0.05, 0) is 40.0 Å². The lowest BCUT2D eigenvalue weighted by atomic mass is 10.1. The highest BCUT2D eigenvalue weighted by Gasteiger charge is 2.14. The van der Waals surface area contributed by atoms with Crippen LogP contribution in [0, 0.1) is 0 Å². The van der Waals surface area contributed by atoms with Crippen molar-refractivity contribution < 1.29 is 4.79 Å². The number of hydrogen-bond donors (Lipinski definition) is 1. The van der Waals surface area contributed by atoms with Gasteiger partial charge in [0.25, 0.3) is 5.91 Å². The van der Waals surface area contributed by atoms with Crippen LogP contribution in [0.2, 0.25) is 0 Å². The summed E-state index contributed by atoms with van der Waals surface area (Å²) in [5.74, 6) is 0.149. The molecular formula is C15H14BrClN2O. The summed E-state index contributed by atoms with van der Waals surface area (Å²) < 4.78 is 0.840. The quantitative estimate of drug-likeness (QED) is 0.837. The van der Waals surface area contributed by atoms with E-state index in [1.165, 1.54) is 0 Å². The highest BCUT2D eigenvalue weighted by atomic mass is 79.9. The number of amides is 1. The summed E-state index contributed by atoms with van der Waals surface area (Å²) in [5.41, 5.74) is 1.53. The Morgan fingerprint density at radius 2 is 2.00 bits per heavy atom. The Balaban J connectivity index is 1.99. The zero-order valence-electron chi connectivity index (χ0n) is 10.7. The van der Waals surface area contributed by atoms with Crippen LogP contribution in [0.5, 0.6) is 0 Å². The minimum atomic E-state index is -0.209. The number of nitrogens with one attached hydrogen (secondary N) is 1. The van der Waals surface area contributed by atoms with E-state index in [9.17, 15) is 4.79 Å². The van der Waals surface area contributed by atoms with Gasteiger partial charge in [0, 0.05) is 22.6 Å². The first-order chi connectivity index (χ1) is 9.69. The van der Waals surface area contributed by atoms with Crippen LogP contribution in [0.1, 0.15) is 16.1 Å². The van der Waals surface area contributed by atoms with Gasteiger partial charge in [0.1, 0.15) is 5.69 Å². The van der Waals surface area contributed by atoms with Crippen LogP contribution in [-0.2, 0) is 6.42 Å². The minimum Gasteiger partial charge on any atom is -0.346 e. The number of carbonyl (C=O) groups excluding carboxylic acids is 1. The summed E-state index contributed by atoms with van der Waals surface area (Å²) in [7, 11) is 0. The Bertz CT molecular complexity index is 560. The van der Waals surface area contributed by atoms with E-state index in [1.807, 2.05) is 30.3 Å². The first-order valence-electron chi connectivity index (χ1n) is 6.21. The number of carbonyl (C=O) groups is 1. The fourth-order valence-electron chi connectivity index (χ4n) is 1.81. The Hall–Kier alpha value is -1.39. The van der Waals surface area contributed by atoms with Crippen molar-refractivity contribution in [2.24, 2.45) is 0 Å². The molecule has 1 atom stereocenters. The molecule has 0 saturated heterocycles. The maximum absolute atomic E-state index is 12.1. The third-order valence-electron chi connectivity index (χ3n) is 2.81. The Morgan fingerprint density at radius 1 is 1.25 bits per heavy atom. The average Bonchev–Trinajstić information content (AvgIpc) is 2.48. The van der Waals surface area contributed by atoms with Crippen molar-refractivity contribution in [2.45, 2.75) is 12.5 Å². The van der Waals surface area contributed by atoms with E-state index >= 15 is 0 Å². The van der Waals surface area contributed by atoms with Gasteiger partial charge in [-0.1, -0.05) is 30.3 Å². The van der Waals surface area contributed by atoms with Gasteiger partial charge in [0.15, 0.2) is 0 Å². The maximum Gasteiger partial charge on any atom is 0.270 e. The predicted molar refractivity (Wildman–Crippen MR) is 84.1 cm³/mol. The Morgan fingerprint density at radius 3 is 2.60 bits per heavy atom. The molecule has 2 aromatic rings. The summed E-state index contributed by atoms with van der Waals surface area (Å²) in [4.78, 5) is 16.1. The molecule has 0 aliphatic carbocycles. The van der Waals surface area contributed by atoms with E-state index in [2.05, 4.69) is 26.2 Å². The van der Waals surface area contributed by atoms with E-state index in [0.29, 0.717) is 18.0 Å². The Kier molecular flexibility index (Phi) is 5.56. The molecule has 1 aromatic heterocycles. The van der Waals surface area contributed by atoms with Gasteiger partial charge in [0.2, 0.25) is 0 Å². The van der Waals surface area contributed by atoms with E-state index in [1.54, 1.807) is 18.3 Å². The molecule has 0 saturated carbocycles. The summed E-state index contributed by atoms with van der Waals surface area (Å²) in [5, 5.41) is 2.90. The molecule has 1 aromatic carbocycles. The zero-order valence-corrected chi connectivity index (χ0v) is 13.1. The second-order valence-corrected chi connectivity index (χ2v) is 5.60. The fourth-order valence-corrected chi connectivity index (χ4v) is 2.23. The maximum atomic E-state index is 12.1. The van der Waals surface area contributed by atoms with E-state index < -0.39 is 0 Å². The molecule has 20 heavy (non-hydrogen) atoms. The van der Waals surface area contributed by atoms with Crippen LogP contribution in [0.3, 0.4) is 0 Å². The lowest BCUT2D eigenvalue weighted by Crippen LogP contribution is -2.38. The van der Waals surface area contributed by atoms with Crippen LogP contribution < -0.4 is 5.32 Å². The normalized spacial score (nSPS) is 11.9. The molecule has 0 spiro atoms. The molecule has 1 unspecified atom stereocenters. The van der Waals surface area contributed by atoms with Gasteiger partial charge >= 0.3 is 0 Å². The number of aromatic nitrogens is 1. The lowest BCUT2D eigenvalue weighted by molar-refractivity contribution is 0.0935. The van der Waals surface area contributed by atoms with Crippen molar-refractivity contribution in [3.63, 3.8) is 0 Å². The molecule has 1 N–H and O–H groups in total. The van der Waals surface area contributed by atoms with Gasteiger partial charge in [-0.15, -0.1) is 11.6 Å². The standard InChI is InChI=1S/C15H14BrClN2O/c16-12-6-7-14(18-10-12)15(20)19-13(9-17)8-11-4-2-1-3-5-11/h1-7,10,13H,8-9H2,(H,19,20). The smallest absolute Gasteiger partial charge is 0.270 e. The molecule has 3 nitrogen and oxygen atoms in total. The molecule has 104 valence electrons. The SMILES string of the molecule is O=C(NC(CCl)Cc1ccccc1)c1ccc(Br)cn1. The molecule has 1 amide bonds. The number of benzene rings is 1. The topological polar surface area (TPSA) is 42.0 Å². The van der Waals surface area contributed by atoms with Crippen LogP contribution in [0.4, 0.5) is 0 Å². The van der Waals surface area contributed by atoms with Crippen molar-refractivity contribution in [3.05, 3.63) is 64.4 Å². The number of alkyl halides is 1. The molecule has 1 heterocycles. The first-order valence-corrected chi connectivity index (χ1v) is 7.54. The molecular weight excluding hydrogens is 340 g/mol. The average molecular weight is 354 g/mol. The van der Waals surface area contributed by atoms with Crippen LogP contribution in [0.15, 0.2) is 53.1 Å². The fraction of sp³-hybridized carbons (Fsp3) is 0.200. The molecule has 0 aliphatic rings. The Labute approximate surface area is 131 Å². The third-order valence-corrected chi connectivity index (χ3v) is 3.65. The van der Waals surface area contributed by atoms with Gasteiger partial charge in [-0.2, -0.15) is 0 Å². The van der Waals surface area contributed by atoms with Gasteiger partial charge in [-0.3, -0.25) is 4.79 Å². The number of hydrogen-bond acceptors (Lipinski definition) is 2. The van der Waals surface area contributed by atoms with Crippen LogP contribution in [0.25, 0.3) is 0 Å². The molecule has 0 bridgehead atoms. The van der Waals surface area contributed by atoms with Crippen molar-refractivity contribution >= 4 is 33.4 Å². The van der Waals surface area contributed by atoms with E-state index in [0.717, 1.165) is 10.0 Å². The summed E-state index contributed by atoms with van der Waals surface area (Å²) in [6.45, 7) is 0. The van der Waals surface area contributed by atoms with Crippen molar-refractivity contribution in [3.8, 4) is 0 Å². The number of pyridine rings is 1. The lowest BCUT2D eigenvalue weighted by Gasteiger charge is -2.15. The molecule has 0 radical (unpaired) electrons. The summed E-state index contributed by atoms with van der Waals surface area (Å²) >= 11 is 9.22. The van der Waals surface area contributed by atoms with E-state index in [4.69, 9.17) is 11.6 Å². The summed E-state index contributed by atoms with van der Waals surface area (Å²) in [6, 6.07) is 13.3. The molecule has 0 fully saturated rings.